The van der Waals surface area contributed by atoms with Crippen LogP contribution in [0, 0.1) is 0 Å². The van der Waals surface area contributed by atoms with E-state index >= 15 is 0 Å². The molecule has 0 aliphatic carbocycles. The van der Waals surface area contributed by atoms with Crippen molar-refractivity contribution in [3.05, 3.63) is 54.0 Å². The first-order chi connectivity index (χ1) is 13.3. The molecule has 7 nitrogen and oxygen atoms in total. The monoisotopic (exact) mass is 385 g/mol. The first kappa shape index (κ1) is 18.0. The predicted molar refractivity (Wildman–Crippen MR) is 97.5 cm³/mol. The SMILES string of the molecule is NC(=O)c1ccc(-n2cnc3cc(C(=O)N4CCC(F)(F)CC4)cnc32)cc1. The van der Waals surface area contributed by atoms with Gasteiger partial charge in [-0.05, 0) is 30.3 Å². The Morgan fingerprint density at radius 2 is 1.71 bits per heavy atom. The van der Waals surface area contributed by atoms with Crippen LogP contribution in [-0.2, 0) is 0 Å². The van der Waals surface area contributed by atoms with Crippen LogP contribution in [0.2, 0.25) is 0 Å². The molecule has 1 saturated heterocycles. The Hall–Kier alpha value is -3.36. The second-order valence-electron chi connectivity index (χ2n) is 6.74. The summed E-state index contributed by atoms with van der Waals surface area (Å²) in [5.41, 5.74) is 7.72. The lowest BCUT2D eigenvalue weighted by molar-refractivity contribution is -0.0494. The summed E-state index contributed by atoms with van der Waals surface area (Å²) in [7, 11) is 0. The zero-order valence-electron chi connectivity index (χ0n) is 14.8. The molecule has 0 atom stereocenters. The number of carbonyl (C=O) groups excluding carboxylic acids is 2. The van der Waals surface area contributed by atoms with Crippen LogP contribution in [0.1, 0.15) is 33.6 Å². The van der Waals surface area contributed by atoms with E-state index in [2.05, 4.69) is 9.97 Å². The highest BCUT2D eigenvalue weighted by Gasteiger charge is 2.35. The van der Waals surface area contributed by atoms with Crippen LogP contribution in [0.3, 0.4) is 0 Å². The molecule has 0 unspecified atom stereocenters. The number of aromatic nitrogens is 3. The number of alkyl halides is 2. The van der Waals surface area contributed by atoms with E-state index in [9.17, 15) is 18.4 Å². The van der Waals surface area contributed by atoms with Gasteiger partial charge >= 0.3 is 0 Å². The molecule has 1 aliphatic heterocycles. The summed E-state index contributed by atoms with van der Waals surface area (Å²) in [5, 5.41) is 0. The number of hydrogen-bond acceptors (Lipinski definition) is 4. The molecule has 0 bridgehead atoms. The molecule has 3 aromatic rings. The molecule has 2 amide bonds. The first-order valence-corrected chi connectivity index (χ1v) is 8.74. The van der Waals surface area contributed by atoms with E-state index in [1.165, 1.54) is 11.1 Å². The Morgan fingerprint density at radius 1 is 1.04 bits per heavy atom. The van der Waals surface area contributed by atoms with E-state index in [1.54, 1.807) is 41.2 Å². The van der Waals surface area contributed by atoms with E-state index in [-0.39, 0.29) is 31.8 Å². The Morgan fingerprint density at radius 3 is 2.36 bits per heavy atom. The number of hydrogen-bond donors (Lipinski definition) is 1. The van der Waals surface area contributed by atoms with Gasteiger partial charge in [-0.15, -0.1) is 0 Å². The second-order valence-corrected chi connectivity index (χ2v) is 6.74. The van der Waals surface area contributed by atoms with Gasteiger partial charge in [0.1, 0.15) is 11.8 Å². The third-order valence-corrected chi connectivity index (χ3v) is 4.85. The number of halogens is 2. The van der Waals surface area contributed by atoms with E-state index in [0.717, 1.165) is 5.69 Å². The first-order valence-electron chi connectivity index (χ1n) is 8.74. The van der Waals surface area contributed by atoms with Crippen LogP contribution in [-0.4, -0.2) is 50.3 Å². The molecule has 0 spiro atoms. The number of nitrogens with two attached hydrogens (primary N) is 1. The van der Waals surface area contributed by atoms with Crippen LogP contribution in [0.5, 0.6) is 0 Å². The normalized spacial score (nSPS) is 16.3. The molecule has 9 heteroatoms. The summed E-state index contributed by atoms with van der Waals surface area (Å²) in [6.45, 7) is 0.0368. The maximum atomic E-state index is 13.3. The van der Waals surface area contributed by atoms with Crippen molar-refractivity contribution in [3.63, 3.8) is 0 Å². The Labute approximate surface area is 158 Å². The van der Waals surface area contributed by atoms with Crippen LogP contribution < -0.4 is 5.73 Å². The Bertz CT molecular complexity index is 1050. The molecule has 0 radical (unpaired) electrons. The third-order valence-electron chi connectivity index (χ3n) is 4.85. The third kappa shape index (κ3) is 3.30. The fraction of sp³-hybridized carbons (Fsp3) is 0.263. The molecular formula is C19H17F2N5O2. The van der Waals surface area contributed by atoms with E-state index in [1.807, 2.05) is 0 Å². The summed E-state index contributed by atoms with van der Waals surface area (Å²) >= 11 is 0. The summed E-state index contributed by atoms with van der Waals surface area (Å²) < 4.78 is 28.3. The quantitative estimate of drug-likeness (QED) is 0.749. The van der Waals surface area contributed by atoms with Crippen molar-refractivity contribution < 1.29 is 18.4 Å². The minimum absolute atomic E-state index is 0.0184. The highest BCUT2D eigenvalue weighted by Crippen LogP contribution is 2.28. The average Bonchev–Trinajstić information content (AvgIpc) is 3.10. The van der Waals surface area contributed by atoms with Crippen molar-refractivity contribution in [1.82, 2.24) is 19.4 Å². The van der Waals surface area contributed by atoms with Gasteiger partial charge in [0, 0.05) is 43.4 Å². The summed E-state index contributed by atoms with van der Waals surface area (Å²) in [6.07, 6.45) is 2.33. The Kier molecular flexibility index (Phi) is 4.29. The van der Waals surface area contributed by atoms with Crippen molar-refractivity contribution >= 4 is 23.0 Å². The van der Waals surface area contributed by atoms with Crippen LogP contribution in [0.4, 0.5) is 8.78 Å². The fourth-order valence-corrected chi connectivity index (χ4v) is 3.21. The van der Waals surface area contributed by atoms with Crippen molar-refractivity contribution in [2.75, 3.05) is 13.1 Å². The zero-order chi connectivity index (χ0) is 19.9. The number of nitrogens with zero attached hydrogens (tertiary/aromatic N) is 4. The molecule has 2 N–H and O–H groups in total. The number of fused-ring (bicyclic) bond motifs is 1. The number of benzene rings is 1. The van der Waals surface area contributed by atoms with Crippen molar-refractivity contribution in [2.45, 2.75) is 18.8 Å². The molecule has 0 saturated carbocycles. The maximum absolute atomic E-state index is 13.3. The summed E-state index contributed by atoms with van der Waals surface area (Å²) in [4.78, 5) is 33.8. The van der Waals surface area contributed by atoms with Crippen LogP contribution in [0.15, 0.2) is 42.9 Å². The number of imidazole rings is 1. The molecule has 1 fully saturated rings. The molecule has 3 heterocycles. The van der Waals surface area contributed by atoms with Crippen molar-refractivity contribution in [1.29, 1.82) is 0 Å². The lowest BCUT2D eigenvalue weighted by Crippen LogP contribution is -2.42. The van der Waals surface area contributed by atoms with Crippen molar-refractivity contribution in [3.8, 4) is 5.69 Å². The van der Waals surface area contributed by atoms with Gasteiger partial charge in [-0.1, -0.05) is 0 Å². The lowest BCUT2D eigenvalue weighted by atomic mass is 10.1. The minimum Gasteiger partial charge on any atom is -0.366 e. The average molecular weight is 385 g/mol. The zero-order valence-corrected chi connectivity index (χ0v) is 14.8. The fourth-order valence-electron chi connectivity index (χ4n) is 3.21. The van der Waals surface area contributed by atoms with E-state index < -0.39 is 11.8 Å². The van der Waals surface area contributed by atoms with Gasteiger partial charge in [-0.3, -0.25) is 14.2 Å². The van der Waals surface area contributed by atoms with Gasteiger partial charge in [0.15, 0.2) is 5.65 Å². The van der Waals surface area contributed by atoms with E-state index in [4.69, 9.17) is 5.73 Å². The molecular weight excluding hydrogens is 368 g/mol. The summed E-state index contributed by atoms with van der Waals surface area (Å²) in [5.74, 6) is -3.55. The molecule has 144 valence electrons. The van der Waals surface area contributed by atoms with Gasteiger partial charge in [0.25, 0.3) is 11.8 Å². The smallest absolute Gasteiger partial charge is 0.255 e. The topological polar surface area (TPSA) is 94.1 Å². The number of piperidine rings is 1. The molecule has 1 aromatic carbocycles. The van der Waals surface area contributed by atoms with Gasteiger partial charge in [0.2, 0.25) is 5.91 Å². The Balaban J connectivity index is 1.59. The number of pyridine rings is 1. The predicted octanol–water partition coefficient (Wildman–Crippen LogP) is 2.39. The number of rotatable bonds is 3. The van der Waals surface area contributed by atoms with E-state index in [0.29, 0.717) is 22.3 Å². The number of primary amides is 1. The number of carbonyl (C=O) groups is 2. The molecule has 4 rings (SSSR count). The number of amides is 2. The minimum atomic E-state index is -2.71. The van der Waals surface area contributed by atoms with Crippen LogP contribution >= 0.6 is 0 Å². The van der Waals surface area contributed by atoms with Gasteiger partial charge < -0.3 is 10.6 Å². The summed E-state index contributed by atoms with van der Waals surface area (Å²) in [6, 6.07) is 8.25. The van der Waals surface area contributed by atoms with Crippen LogP contribution in [0.25, 0.3) is 16.9 Å². The van der Waals surface area contributed by atoms with Crippen molar-refractivity contribution in [2.24, 2.45) is 5.73 Å². The highest BCUT2D eigenvalue weighted by molar-refractivity contribution is 5.96. The maximum Gasteiger partial charge on any atom is 0.255 e. The number of likely N-dealkylation sites (tertiary alicyclic amines) is 1. The lowest BCUT2D eigenvalue weighted by Gasteiger charge is -2.31. The standard InChI is InChI=1S/C19H17F2N5O2/c20-19(21)5-7-25(8-6-19)18(28)13-9-15-17(23-10-13)26(11-24-15)14-3-1-12(2-4-14)16(22)27/h1-4,9-11H,5-8H2,(H2,22,27). The van der Waals surface area contributed by atoms with Gasteiger partial charge in [-0.2, -0.15) is 0 Å². The van der Waals surface area contributed by atoms with Gasteiger partial charge in [-0.25, -0.2) is 18.7 Å². The van der Waals surface area contributed by atoms with Gasteiger partial charge in [0.05, 0.1) is 5.56 Å². The molecule has 1 aliphatic rings. The highest BCUT2D eigenvalue weighted by atomic mass is 19.3. The largest absolute Gasteiger partial charge is 0.366 e. The second kappa shape index (κ2) is 6.66. The molecule has 2 aromatic heterocycles. The molecule has 28 heavy (non-hydrogen) atoms.